The largest absolute Gasteiger partial charge is 0.381 e. The van der Waals surface area contributed by atoms with E-state index in [1.165, 1.54) is 13.8 Å². The molecule has 0 bridgehead atoms. The summed E-state index contributed by atoms with van der Waals surface area (Å²) >= 11 is 0. The molecular formula is C10H21NO2. The highest BCUT2D eigenvalue weighted by Gasteiger charge is 2.25. The molecule has 3 heteroatoms. The van der Waals surface area contributed by atoms with Crippen LogP contribution >= 0.6 is 0 Å². The van der Waals surface area contributed by atoms with Gasteiger partial charge in [-0.25, -0.2) is 0 Å². The summed E-state index contributed by atoms with van der Waals surface area (Å²) in [5.41, 5.74) is -1.28. The first-order valence-electron chi connectivity index (χ1n) is 4.82. The summed E-state index contributed by atoms with van der Waals surface area (Å²) in [6, 6.07) is 0.115. The van der Waals surface area contributed by atoms with E-state index in [2.05, 4.69) is 19.2 Å². The summed E-state index contributed by atoms with van der Waals surface area (Å²) in [4.78, 5) is 11.3. The summed E-state index contributed by atoms with van der Waals surface area (Å²) < 4.78 is 0. The number of carbonyl (C=O) groups is 1. The van der Waals surface area contributed by atoms with Crippen LogP contribution in [0.2, 0.25) is 0 Å². The van der Waals surface area contributed by atoms with Gasteiger partial charge in [-0.3, -0.25) is 4.79 Å². The minimum atomic E-state index is -1.28. The lowest BCUT2D eigenvalue weighted by Crippen LogP contribution is -2.47. The van der Waals surface area contributed by atoms with E-state index < -0.39 is 5.60 Å². The van der Waals surface area contributed by atoms with Crippen molar-refractivity contribution < 1.29 is 9.90 Å². The maximum absolute atomic E-state index is 11.3. The van der Waals surface area contributed by atoms with E-state index in [1.807, 2.05) is 6.92 Å². The van der Waals surface area contributed by atoms with Crippen LogP contribution in [0.3, 0.4) is 0 Å². The van der Waals surface area contributed by atoms with Crippen LogP contribution in [0.15, 0.2) is 0 Å². The van der Waals surface area contributed by atoms with Gasteiger partial charge in [-0.2, -0.15) is 0 Å². The number of nitrogens with one attached hydrogen (secondary N) is 1. The van der Waals surface area contributed by atoms with Crippen molar-refractivity contribution in [3.05, 3.63) is 0 Å². The van der Waals surface area contributed by atoms with Crippen molar-refractivity contribution in [3.63, 3.8) is 0 Å². The zero-order chi connectivity index (χ0) is 10.6. The Morgan fingerprint density at radius 3 is 2.23 bits per heavy atom. The van der Waals surface area contributed by atoms with Gasteiger partial charge >= 0.3 is 0 Å². The van der Waals surface area contributed by atoms with Crippen molar-refractivity contribution in [3.8, 4) is 0 Å². The van der Waals surface area contributed by atoms with Gasteiger partial charge < -0.3 is 10.4 Å². The fourth-order valence-corrected chi connectivity index (χ4v) is 0.879. The molecule has 2 N–H and O–H groups in total. The van der Waals surface area contributed by atoms with E-state index in [-0.39, 0.29) is 11.9 Å². The van der Waals surface area contributed by atoms with Gasteiger partial charge in [0.25, 0.3) is 5.91 Å². The highest BCUT2D eigenvalue weighted by molar-refractivity contribution is 5.84. The molecular weight excluding hydrogens is 166 g/mol. The third-order valence-corrected chi connectivity index (χ3v) is 2.41. The minimum Gasteiger partial charge on any atom is -0.381 e. The Bertz CT molecular complexity index is 172. The molecule has 13 heavy (non-hydrogen) atoms. The highest BCUT2D eigenvalue weighted by Crippen LogP contribution is 2.08. The number of hydrogen-bond acceptors (Lipinski definition) is 2. The standard InChI is InChI=1S/C10H21NO2/c1-6-7(2)8(3)11-9(12)10(4,5)13/h7-8,13H,6H2,1-5H3,(H,11,12). The fraction of sp³-hybridized carbons (Fsp3) is 0.900. The summed E-state index contributed by atoms with van der Waals surface area (Å²) in [5.74, 6) is 0.131. The van der Waals surface area contributed by atoms with E-state index in [0.717, 1.165) is 6.42 Å². The van der Waals surface area contributed by atoms with Gasteiger partial charge in [0.15, 0.2) is 0 Å². The van der Waals surface area contributed by atoms with Crippen molar-refractivity contribution in [2.24, 2.45) is 5.92 Å². The lowest BCUT2D eigenvalue weighted by atomic mass is 9.99. The Morgan fingerprint density at radius 1 is 1.46 bits per heavy atom. The smallest absolute Gasteiger partial charge is 0.251 e. The lowest BCUT2D eigenvalue weighted by Gasteiger charge is -2.24. The van der Waals surface area contributed by atoms with Gasteiger partial charge in [0, 0.05) is 6.04 Å². The molecule has 0 aromatic carbocycles. The second-order valence-corrected chi connectivity index (χ2v) is 4.21. The molecule has 3 nitrogen and oxygen atoms in total. The Kier molecular flexibility index (Phi) is 4.40. The topological polar surface area (TPSA) is 49.3 Å². The molecule has 2 unspecified atom stereocenters. The summed E-state index contributed by atoms with van der Waals surface area (Å²) in [7, 11) is 0. The zero-order valence-corrected chi connectivity index (χ0v) is 9.22. The molecule has 0 aliphatic rings. The first kappa shape index (κ1) is 12.4. The van der Waals surface area contributed by atoms with Crippen LogP contribution < -0.4 is 5.32 Å². The molecule has 0 radical (unpaired) electrons. The van der Waals surface area contributed by atoms with Crippen LogP contribution in [-0.4, -0.2) is 22.7 Å². The van der Waals surface area contributed by atoms with Gasteiger partial charge in [0.05, 0.1) is 0 Å². The van der Waals surface area contributed by atoms with Gasteiger partial charge in [-0.1, -0.05) is 20.3 Å². The van der Waals surface area contributed by atoms with Crippen LogP contribution in [0.1, 0.15) is 41.0 Å². The van der Waals surface area contributed by atoms with E-state index in [0.29, 0.717) is 5.92 Å². The molecule has 0 aromatic heterocycles. The molecule has 0 fully saturated rings. The number of amides is 1. The zero-order valence-electron chi connectivity index (χ0n) is 9.22. The average molecular weight is 187 g/mol. The van der Waals surface area contributed by atoms with E-state index in [9.17, 15) is 9.90 Å². The molecule has 0 rings (SSSR count). The quantitative estimate of drug-likeness (QED) is 0.697. The van der Waals surface area contributed by atoms with Crippen LogP contribution in [0, 0.1) is 5.92 Å². The summed E-state index contributed by atoms with van der Waals surface area (Å²) in [5, 5.41) is 12.2. The van der Waals surface area contributed by atoms with Crippen molar-refractivity contribution >= 4 is 5.91 Å². The van der Waals surface area contributed by atoms with Gasteiger partial charge in [0.2, 0.25) is 0 Å². The number of rotatable bonds is 4. The second kappa shape index (κ2) is 4.61. The fourth-order valence-electron chi connectivity index (χ4n) is 0.879. The average Bonchev–Trinajstić information content (AvgIpc) is 2.01. The summed E-state index contributed by atoms with van der Waals surface area (Å²) in [6.07, 6.45) is 1.02. The molecule has 0 aliphatic carbocycles. The van der Waals surface area contributed by atoms with E-state index in [4.69, 9.17) is 0 Å². The second-order valence-electron chi connectivity index (χ2n) is 4.21. The Morgan fingerprint density at radius 2 is 1.92 bits per heavy atom. The van der Waals surface area contributed by atoms with E-state index in [1.54, 1.807) is 0 Å². The van der Waals surface area contributed by atoms with Gasteiger partial charge in [0.1, 0.15) is 5.60 Å². The normalized spacial score (nSPS) is 16.5. The Balaban J connectivity index is 4.07. The van der Waals surface area contributed by atoms with Crippen LogP contribution in [-0.2, 0) is 4.79 Å². The predicted octanol–water partition coefficient (Wildman–Crippen LogP) is 1.31. The van der Waals surface area contributed by atoms with Crippen molar-refractivity contribution in [2.75, 3.05) is 0 Å². The molecule has 0 spiro atoms. The Hall–Kier alpha value is -0.570. The van der Waals surface area contributed by atoms with Crippen molar-refractivity contribution in [2.45, 2.75) is 52.7 Å². The monoisotopic (exact) mass is 187 g/mol. The molecule has 0 saturated heterocycles. The number of carbonyl (C=O) groups excluding carboxylic acids is 1. The molecule has 78 valence electrons. The number of hydrogen-bond donors (Lipinski definition) is 2. The molecule has 2 atom stereocenters. The van der Waals surface area contributed by atoms with Crippen molar-refractivity contribution in [1.82, 2.24) is 5.32 Å². The first-order valence-corrected chi connectivity index (χ1v) is 4.82. The SMILES string of the molecule is CCC(C)C(C)NC(=O)C(C)(C)O. The van der Waals surface area contributed by atoms with Gasteiger partial charge in [-0.15, -0.1) is 0 Å². The third kappa shape index (κ3) is 4.27. The molecule has 0 aromatic rings. The summed E-state index contributed by atoms with van der Waals surface area (Å²) in [6.45, 7) is 9.10. The molecule has 1 amide bonds. The van der Waals surface area contributed by atoms with Gasteiger partial charge in [-0.05, 0) is 26.7 Å². The third-order valence-electron chi connectivity index (χ3n) is 2.41. The van der Waals surface area contributed by atoms with Crippen LogP contribution in [0.4, 0.5) is 0 Å². The lowest BCUT2D eigenvalue weighted by molar-refractivity contribution is -0.137. The highest BCUT2D eigenvalue weighted by atomic mass is 16.3. The molecule has 0 saturated carbocycles. The van der Waals surface area contributed by atoms with Crippen LogP contribution in [0.25, 0.3) is 0 Å². The molecule has 0 aliphatic heterocycles. The number of aliphatic hydroxyl groups is 1. The predicted molar refractivity (Wildman–Crippen MR) is 53.4 cm³/mol. The first-order chi connectivity index (χ1) is 5.79. The Labute approximate surface area is 80.5 Å². The van der Waals surface area contributed by atoms with Crippen LogP contribution in [0.5, 0.6) is 0 Å². The van der Waals surface area contributed by atoms with Crippen molar-refractivity contribution in [1.29, 1.82) is 0 Å². The maximum atomic E-state index is 11.3. The maximum Gasteiger partial charge on any atom is 0.251 e. The van der Waals surface area contributed by atoms with E-state index >= 15 is 0 Å². The molecule has 0 heterocycles. The minimum absolute atomic E-state index is 0.115.